The van der Waals surface area contributed by atoms with Crippen molar-refractivity contribution >= 4 is 22.6 Å². The molecule has 0 amide bonds. The zero-order valence-electron chi connectivity index (χ0n) is 9.96. The van der Waals surface area contributed by atoms with Gasteiger partial charge in [-0.1, -0.05) is 11.6 Å². The van der Waals surface area contributed by atoms with E-state index in [1.54, 1.807) is 13.0 Å². The van der Waals surface area contributed by atoms with Crippen molar-refractivity contribution in [3.8, 4) is 0 Å². The van der Waals surface area contributed by atoms with Crippen LogP contribution in [0.5, 0.6) is 0 Å². The Morgan fingerprint density at radius 2 is 2.18 bits per heavy atom. The number of nitrogens with one attached hydrogen (secondary N) is 1. The van der Waals surface area contributed by atoms with Gasteiger partial charge in [-0.15, -0.1) is 0 Å². The Morgan fingerprint density at radius 1 is 1.41 bits per heavy atom. The third-order valence-electron chi connectivity index (χ3n) is 2.87. The van der Waals surface area contributed by atoms with Crippen LogP contribution in [0.25, 0.3) is 11.0 Å². The number of fused-ring (bicyclic) bond motifs is 1. The van der Waals surface area contributed by atoms with Crippen LogP contribution in [0.1, 0.15) is 19.1 Å². The summed E-state index contributed by atoms with van der Waals surface area (Å²) in [4.78, 5) is 0. The minimum Gasteiger partial charge on any atom is -0.458 e. The van der Waals surface area contributed by atoms with Crippen LogP contribution < -0.4 is 5.32 Å². The zero-order valence-corrected chi connectivity index (χ0v) is 10.7. The fourth-order valence-corrected chi connectivity index (χ4v) is 1.95. The molecule has 2 aromatic rings. The lowest BCUT2D eigenvalue weighted by Crippen LogP contribution is -2.25. The molecule has 2 rings (SSSR count). The van der Waals surface area contributed by atoms with Crippen LogP contribution in [0.4, 0.5) is 0 Å². The molecule has 0 saturated carbocycles. The van der Waals surface area contributed by atoms with Crippen LogP contribution in [-0.4, -0.2) is 18.7 Å². The number of halogens is 1. The summed E-state index contributed by atoms with van der Waals surface area (Å²) in [7, 11) is 1.86. The van der Waals surface area contributed by atoms with Crippen LogP contribution in [0, 0.1) is 0 Å². The van der Waals surface area contributed by atoms with Gasteiger partial charge in [0.25, 0.3) is 0 Å². The molecule has 1 heterocycles. The van der Waals surface area contributed by atoms with Crippen molar-refractivity contribution in [3.05, 3.63) is 35.0 Å². The predicted octanol–water partition coefficient (Wildman–Crippen LogP) is 2.90. The standard InChI is InChI=1S/C13H16ClNO2/c1-13(16,5-6-15-2)12-8-9-7-10(14)3-4-11(9)17-12/h3-4,7-8,15-16H,5-6H2,1-2H3. The molecule has 3 nitrogen and oxygen atoms in total. The van der Waals surface area contributed by atoms with E-state index in [2.05, 4.69) is 5.32 Å². The molecule has 0 fully saturated rings. The summed E-state index contributed by atoms with van der Waals surface area (Å²) in [5.41, 5.74) is -0.219. The lowest BCUT2D eigenvalue weighted by atomic mass is 9.99. The maximum atomic E-state index is 10.3. The average molecular weight is 254 g/mol. The van der Waals surface area contributed by atoms with Crippen LogP contribution in [0.3, 0.4) is 0 Å². The summed E-state index contributed by atoms with van der Waals surface area (Å²) in [6.45, 7) is 2.48. The number of hydrogen-bond acceptors (Lipinski definition) is 3. The molecule has 0 aliphatic heterocycles. The van der Waals surface area contributed by atoms with E-state index < -0.39 is 5.60 Å². The fraction of sp³-hybridized carbons (Fsp3) is 0.385. The van der Waals surface area contributed by atoms with Gasteiger partial charge >= 0.3 is 0 Å². The molecule has 0 radical (unpaired) electrons. The number of aliphatic hydroxyl groups is 1. The van der Waals surface area contributed by atoms with Gasteiger partial charge in [0.15, 0.2) is 0 Å². The zero-order chi connectivity index (χ0) is 12.5. The molecule has 0 aliphatic carbocycles. The minimum atomic E-state index is -0.964. The van der Waals surface area contributed by atoms with E-state index in [9.17, 15) is 5.11 Å². The molecule has 1 aromatic carbocycles. The van der Waals surface area contributed by atoms with Crippen molar-refractivity contribution < 1.29 is 9.52 Å². The second kappa shape index (κ2) is 4.69. The maximum absolute atomic E-state index is 10.3. The van der Waals surface area contributed by atoms with Gasteiger partial charge in [-0.3, -0.25) is 0 Å². The van der Waals surface area contributed by atoms with Crippen molar-refractivity contribution in [1.29, 1.82) is 0 Å². The minimum absolute atomic E-state index is 0.574. The van der Waals surface area contributed by atoms with Gasteiger partial charge in [0.1, 0.15) is 16.9 Å². The molecular weight excluding hydrogens is 238 g/mol. The van der Waals surface area contributed by atoms with E-state index in [1.165, 1.54) is 0 Å². The summed E-state index contributed by atoms with van der Waals surface area (Å²) in [6, 6.07) is 7.27. The first kappa shape index (κ1) is 12.4. The summed E-state index contributed by atoms with van der Waals surface area (Å²) in [5.74, 6) is 0.574. The average Bonchev–Trinajstić information content (AvgIpc) is 2.70. The molecule has 0 saturated heterocycles. The Bertz CT molecular complexity index is 519. The SMILES string of the molecule is CNCCC(C)(O)c1cc2cc(Cl)ccc2o1. The largest absolute Gasteiger partial charge is 0.458 e. The van der Waals surface area contributed by atoms with Crippen molar-refractivity contribution in [2.45, 2.75) is 18.9 Å². The third-order valence-corrected chi connectivity index (χ3v) is 3.11. The second-order valence-electron chi connectivity index (χ2n) is 4.42. The second-order valence-corrected chi connectivity index (χ2v) is 4.86. The number of benzene rings is 1. The Kier molecular flexibility index (Phi) is 3.43. The van der Waals surface area contributed by atoms with Gasteiger partial charge in [0.05, 0.1) is 0 Å². The first-order valence-corrected chi connectivity index (χ1v) is 5.97. The first-order chi connectivity index (χ1) is 8.03. The summed E-state index contributed by atoms with van der Waals surface area (Å²) in [6.07, 6.45) is 0.594. The van der Waals surface area contributed by atoms with Crippen LogP contribution in [-0.2, 0) is 5.60 Å². The normalized spacial score (nSPS) is 15.1. The molecule has 17 heavy (non-hydrogen) atoms. The predicted molar refractivity (Wildman–Crippen MR) is 69.3 cm³/mol. The van der Waals surface area contributed by atoms with Crippen LogP contribution in [0.15, 0.2) is 28.7 Å². The van der Waals surface area contributed by atoms with Crippen molar-refractivity contribution in [3.63, 3.8) is 0 Å². The van der Waals surface area contributed by atoms with E-state index in [0.29, 0.717) is 17.2 Å². The first-order valence-electron chi connectivity index (χ1n) is 5.59. The third kappa shape index (κ3) is 2.63. The highest BCUT2D eigenvalue weighted by Crippen LogP contribution is 2.31. The van der Waals surface area contributed by atoms with Crippen molar-refractivity contribution in [2.75, 3.05) is 13.6 Å². The molecule has 1 aromatic heterocycles. The van der Waals surface area contributed by atoms with Crippen molar-refractivity contribution in [2.24, 2.45) is 0 Å². The number of furan rings is 1. The molecule has 1 unspecified atom stereocenters. The quantitative estimate of drug-likeness (QED) is 0.881. The molecular formula is C13H16ClNO2. The smallest absolute Gasteiger partial charge is 0.136 e. The molecule has 4 heteroatoms. The highest BCUT2D eigenvalue weighted by atomic mass is 35.5. The highest BCUT2D eigenvalue weighted by Gasteiger charge is 2.26. The van der Waals surface area contributed by atoms with E-state index in [4.69, 9.17) is 16.0 Å². The topological polar surface area (TPSA) is 45.4 Å². The van der Waals surface area contributed by atoms with E-state index >= 15 is 0 Å². The van der Waals surface area contributed by atoms with Crippen molar-refractivity contribution in [1.82, 2.24) is 5.32 Å². The van der Waals surface area contributed by atoms with E-state index in [0.717, 1.165) is 17.5 Å². The molecule has 0 spiro atoms. The molecule has 92 valence electrons. The Balaban J connectivity index is 2.35. The van der Waals surface area contributed by atoms with Gasteiger partial charge in [0.2, 0.25) is 0 Å². The fourth-order valence-electron chi connectivity index (χ4n) is 1.77. The van der Waals surface area contributed by atoms with Gasteiger partial charge in [-0.25, -0.2) is 0 Å². The van der Waals surface area contributed by atoms with Crippen LogP contribution >= 0.6 is 11.6 Å². The monoisotopic (exact) mass is 253 g/mol. The van der Waals surface area contributed by atoms with Gasteiger partial charge < -0.3 is 14.8 Å². The van der Waals surface area contributed by atoms with Gasteiger partial charge in [-0.2, -0.15) is 0 Å². The summed E-state index contributed by atoms with van der Waals surface area (Å²) < 4.78 is 5.65. The van der Waals surface area contributed by atoms with Gasteiger partial charge in [0, 0.05) is 10.4 Å². The lowest BCUT2D eigenvalue weighted by molar-refractivity contribution is 0.0276. The Labute approximate surface area is 105 Å². The highest BCUT2D eigenvalue weighted by molar-refractivity contribution is 6.31. The lowest BCUT2D eigenvalue weighted by Gasteiger charge is -2.20. The number of rotatable bonds is 4. The number of hydrogen-bond donors (Lipinski definition) is 2. The maximum Gasteiger partial charge on any atom is 0.136 e. The summed E-state index contributed by atoms with van der Waals surface area (Å²) in [5, 5.41) is 14.9. The summed E-state index contributed by atoms with van der Waals surface area (Å²) >= 11 is 5.91. The van der Waals surface area contributed by atoms with Gasteiger partial charge in [-0.05, 0) is 51.2 Å². The molecule has 0 aliphatic rings. The van der Waals surface area contributed by atoms with E-state index in [1.807, 2.05) is 25.2 Å². The Hall–Kier alpha value is -1.03. The van der Waals surface area contributed by atoms with E-state index in [-0.39, 0.29) is 0 Å². The van der Waals surface area contributed by atoms with Crippen LogP contribution in [0.2, 0.25) is 5.02 Å². The molecule has 2 N–H and O–H groups in total. The molecule has 0 bridgehead atoms. The Morgan fingerprint density at radius 3 is 2.88 bits per heavy atom. The molecule has 1 atom stereocenters.